The Morgan fingerprint density at radius 1 is 1.37 bits per heavy atom. The molecule has 0 radical (unpaired) electrons. The number of rotatable bonds is 7. The number of guanidine groups is 1. The van der Waals surface area contributed by atoms with Crippen LogP contribution in [0, 0.1) is 0 Å². The molecule has 1 aliphatic heterocycles. The lowest BCUT2D eigenvalue weighted by molar-refractivity contribution is -0.129. The number of hydrogen-bond acceptors (Lipinski definition) is 3. The molecule has 5 nitrogen and oxygen atoms in total. The fourth-order valence-electron chi connectivity index (χ4n) is 2.84. The maximum absolute atomic E-state index is 11.8. The zero-order chi connectivity index (χ0) is 18.9. The van der Waals surface area contributed by atoms with E-state index in [4.69, 9.17) is 4.99 Å². The van der Waals surface area contributed by atoms with Crippen LogP contribution in [0.15, 0.2) is 38.6 Å². The second kappa shape index (κ2) is 12.9. The first-order valence-electron chi connectivity index (χ1n) is 9.26. The number of halogens is 2. The Balaban J connectivity index is 0.00000364. The first-order valence-corrected chi connectivity index (χ1v) is 10.9. The lowest BCUT2D eigenvalue weighted by atomic mass is 10.3. The minimum Gasteiger partial charge on any atom is -0.357 e. The number of likely N-dealkylation sites (tertiary alicyclic amines) is 1. The third kappa shape index (κ3) is 8.60. The van der Waals surface area contributed by atoms with E-state index in [0.29, 0.717) is 11.7 Å². The van der Waals surface area contributed by atoms with Crippen molar-refractivity contribution in [2.75, 3.05) is 26.2 Å². The van der Waals surface area contributed by atoms with Crippen molar-refractivity contribution in [2.45, 2.75) is 49.8 Å². The van der Waals surface area contributed by atoms with Gasteiger partial charge in [0.2, 0.25) is 5.91 Å². The first kappa shape index (κ1) is 24.6. The van der Waals surface area contributed by atoms with Crippen molar-refractivity contribution in [1.29, 1.82) is 0 Å². The van der Waals surface area contributed by atoms with Gasteiger partial charge in [0.1, 0.15) is 0 Å². The smallest absolute Gasteiger partial charge is 0.222 e. The number of nitrogens with one attached hydrogen (secondary N) is 2. The van der Waals surface area contributed by atoms with Gasteiger partial charge in [-0.1, -0.05) is 29.8 Å². The molecule has 152 valence electrons. The van der Waals surface area contributed by atoms with Gasteiger partial charge in [-0.15, -0.1) is 35.7 Å². The minimum absolute atomic E-state index is 0. The summed E-state index contributed by atoms with van der Waals surface area (Å²) in [5, 5.41) is 7.18. The Hall–Kier alpha value is -0.480. The highest BCUT2D eigenvalue weighted by atomic mass is 127. The first-order chi connectivity index (χ1) is 12.5. The van der Waals surface area contributed by atoms with Crippen LogP contribution < -0.4 is 10.6 Å². The second-order valence-corrected chi connectivity index (χ2v) is 8.85. The molecular formula is C19H30BrIN4OS. The van der Waals surface area contributed by atoms with Crippen molar-refractivity contribution in [2.24, 2.45) is 4.99 Å². The van der Waals surface area contributed by atoms with Gasteiger partial charge in [-0.05, 0) is 37.6 Å². The molecular weight excluding hydrogens is 539 g/mol. The molecule has 2 atom stereocenters. The van der Waals surface area contributed by atoms with Crippen molar-refractivity contribution in [1.82, 2.24) is 15.5 Å². The summed E-state index contributed by atoms with van der Waals surface area (Å²) in [5.74, 6) is 1.07. The van der Waals surface area contributed by atoms with Gasteiger partial charge < -0.3 is 15.5 Å². The van der Waals surface area contributed by atoms with Crippen molar-refractivity contribution in [3.63, 3.8) is 0 Å². The maximum atomic E-state index is 11.8. The molecule has 8 heteroatoms. The Morgan fingerprint density at radius 3 is 2.70 bits per heavy atom. The molecule has 2 rings (SSSR count). The number of benzene rings is 1. The Kier molecular flexibility index (Phi) is 11.7. The number of nitrogens with zero attached hydrogens (tertiary/aromatic N) is 2. The molecule has 1 aromatic carbocycles. The quantitative estimate of drug-likeness (QED) is 0.225. The molecule has 2 N–H and O–H groups in total. The van der Waals surface area contributed by atoms with Gasteiger partial charge >= 0.3 is 0 Å². The standard InChI is InChI=1S/C19H29BrN4OS.HI/c1-4-18(25)24-11-10-16(13-24)23-19(21-5-2)22-12-14(3)26-17-8-6-15(20)7-9-17;/h6-9,14,16H,4-5,10-13H2,1-3H3,(H2,21,22,23);1H. The zero-order valence-corrected chi connectivity index (χ0v) is 20.9. The monoisotopic (exact) mass is 568 g/mol. The summed E-state index contributed by atoms with van der Waals surface area (Å²) in [6.45, 7) is 9.33. The van der Waals surface area contributed by atoms with Gasteiger partial charge in [0.15, 0.2) is 5.96 Å². The van der Waals surface area contributed by atoms with Crippen LogP contribution in [0.4, 0.5) is 0 Å². The largest absolute Gasteiger partial charge is 0.357 e. The van der Waals surface area contributed by atoms with Gasteiger partial charge in [0.25, 0.3) is 0 Å². The molecule has 0 bridgehead atoms. The number of thioether (sulfide) groups is 1. The van der Waals surface area contributed by atoms with Gasteiger partial charge in [0, 0.05) is 46.7 Å². The number of amides is 1. The number of carbonyl (C=O) groups excluding carboxylic acids is 1. The summed E-state index contributed by atoms with van der Waals surface area (Å²) < 4.78 is 1.10. The van der Waals surface area contributed by atoms with Gasteiger partial charge in [-0.3, -0.25) is 9.79 Å². The molecule has 1 saturated heterocycles. The maximum Gasteiger partial charge on any atom is 0.222 e. The molecule has 0 spiro atoms. The molecule has 27 heavy (non-hydrogen) atoms. The minimum atomic E-state index is 0. The molecule has 0 aromatic heterocycles. The molecule has 0 aliphatic carbocycles. The molecule has 1 aliphatic rings. The van der Waals surface area contributed by atoms with Crippen LogP contribution >= 0.6 is 51.7 Å². The molecule has 1 fully saturated rings. The molecule has 1 aromatic rings. The van der Waals surface area contributed by atoms with Crippen LogP contribution in [0.3, 0.4) is 0 Å². The van der Waals surface area contributed by atoms with Crippen LogP contribution in [-0.4, -0.2) is 54.2 Å². The third-order valence-corrected chi connectivity index (χ3v) is 5.81. The summed E-state index contributed by atoms with van der Waals surface area (Å²) >= 11 is 5.29. The van der Waals surface area contributed by atoms with Crippen molar-refractivity contribution >= 4 is 63.5 Å². The highest BCUT2D eigenvalue weighted by Gasteiger charge is 2.25. The average molecular weight is 569 g/mol. The fraction of sp³-hybridized carbons (Fsp3) is 0.579. The predicted molar refractivity (Wildman–Crippen MR) is 129 cm³/mol. The zero-order valence-electron chi connectivity index (χ0n) is 16.2. The summed E-state index contributed by atoms with van der Waals surface area (Å²) in [6, 6.07) is 8.64. The number of carbonyl (C=O) groups is 1. The third-order valence-electron chi connectivity index (χ3n) is 4.19. The lowest BCUT2D eigenvalue weighted by Gasteiger charge is -2.19. The SMILES string of the molecule is CCNC(=NCC(C)Sc1ccc(Br)cc1)NC1CCN(C(=O)CC)C1.I. The van der Waals surface area contributed by atoms with Crippen LogP contribution in [-0.2, 0) is 4.79 Å². The van der Waals surface area contributed by atoms with Crippen molar-refractivity contribution in [3.05, 3.63) is 28.7 Å². The molecule has 1 amide bonds. The van der Waals surface area contributed by atoms with E-state index in [0.717, 1.165) is 43.0 Å². The fourth-order valence-corrected chi connectivity index (χ4v) is 4.02. The normalized spacial score (nSPS) is 18.0. The van der Waals surface area contributed by atoms with Crippen LogP contribution in [0.1, 0.15) is 33.6 Å². The van der Waals surface area contributed by atoms with Gasteiger partial charge in [0.05, 0.1) is 6.54 Å². The lowest BCUT2D eigenvalue weighted by Crippen LogP contribution is -2.45. The van der Waals surface area contributed by atoms with E-state index in [9.17, 15) is 4.79 Å². The van der Waals surface area contributed by atoms with E-state index in [2.05, 4.69) is 64.7 Å². The Labute approximate surface area is 192 Å². The summed E-state index contributed by atoms with van der Waals surface area (Å²) in [4.78, 5) is 19.8. The molecule has 0 saturated carbocycles. The number of hydrogen-bond donors (Lipinski definition) is 2. The van der Waals surface area contributed by atoms with E-state index in [1.807, 2.05) is 23.6 Å². The van der Waals surface area contributed by atoms with Gasteiger partial charge in [-0.25, -0.2) is 0 Å². The molecule has 2 unspecified atom stereocenters. The van der Waals surface area contributed by atoms with Crippen LogP contribution in [0.5, 0.6) is 0 Å². The highest BCUT2D eigenvalue weighted by Crippen LogP contribution is 2.24. The van der Waals surface area contributed by atoms with E-state index >= 15 is 0 Å². The van der Waals surface area contributed by atoms with Crippen molar-refractivity contribution in [3.8, 4) is 0 Å². The summed E-state index contributed by atoms with van der Waals surface area (Å²) in [5.41, 5.74) is 0. The summed E-state index contributed by atoms with van der Waals surface area (Å²) in [6.07, 6.45) is 1.55. The topological polar surface area (TPSA) is 56.7 Å². The van der Waals surface area contributed by atoms with Crippen LogP contribution in [0.25, 0.3) is 0 Å². The van der Waals surface area contributed by atoms with E-state index in [-0.39, 0.29) is 35.9 Å². The van der Waals surface area contributed by atoms with Gasteiger partial charge in [-0.2, -0.15) is 0 Å². The highest BCUT2D eigenvalue weighted by molar-refractivity contribution is 14.0. The Morgan fingerprint density at radius 2 is 2.07 bits per heavy atom. The second-order valence-electron chi connectivity index (χ2n) is 6.43. The van der Waals surface area contributed by atoms with E-state index in [1.54, 1.807) is 0 Å². The van der Waals surface area contributed by atoms with Crippen LogP contribution in [0.2, 0.25) is 0 Å². The van der Waals surface area contributed by atoms with E-state index < -0.39 is 0 Å². The van der Waals surface area contributed by atoms with E-state index in [1.165, 1.54) is 4.90 Å². The Bertz CT molecular complexity index is 614. The average Bonchev–Trinajstić information content (AvgIpc) is 3.10. The van der Waals surface area contributed by atoms with Crippen molar-refractivity contribution < 1.29 is 4.79 Å². The predicted octanol–water partition coefficient (Wildman–Crippen LogP) is 4.11. The molecule has 1 heterocycles. The number of aliphatic imine (C=N–C) groups is 1. The summed E-state index contributed by atoms with van der Waals surface area (Å²) in [7, 11) is 0.